The molecular weight excluding hydrogens is 370 g/mol. The topological polar surface area (TPSA) is 40.0 Å². The molecule has 0 aromatic heterocycles. The maximum Gasteiger partial charge on any atom is 0.134 e. The van der Waals surface area contributed by atoms with Crippen molar-refractivity contribution in [3.63, 3.8) is 0 Å². The fraction of sp³-hybridized carbons (Fsp3) is 0.348. The zero-order valence-electron chi connectivity index (χ0n) is 17.1. The molecule has 0 unspecified atom stereocenters. The minimum Gasteiger partial charge on any atom is -0.490 e. The average Bonchev–Trinajstić information content (AvgIpc) is 2.68. The van der Waals surface area contributed by atoms with Crippen molar-refractivity contribution < 1.29 is 14.3 Å². The molecule has 2 rings (SSSR count). The van der Waals surface area contributed by atoms with Crippen LogP contribution in [0.4, 0.5) is 0 Å². The first-order valence-corrected chi connectivity index (χ1v) is 10.5. The number of allylic oxidation sites excluding steroid dienone is 1. The molecular formula is C23H29NO3S. The van der Waals surface area contributed by atoms with Gasteiger partial charge in [-0.2, -0.15) is 0 Å². The van der Waals surface area contributed by atoms with Gasteiger partial charge in [0.15, 0.2) is 0 Å². The van der Waals surface area contributed by atoms with Crippen molar-refractivity contribution in [2.75, 3.05) is 25.4 Å². The molecule has 28 heavy (non-hydrogen) atoms. The number of thioether (sulfide) groups is 1. The Balaban J connectivity index is 1.87. The van der Waals surface area contributed by atoms with Gasteiger partial charge in [0, 0.05) is 12.2 Å². The highest BCUT2D eigenvalue weighted by Crippen LogP contribution is 2.29. The summed E-state index contributed by atoms with van der Waals surface area (Å²) >= 11 is 1.68. The van der Waals surface area contributed by atoms with Gasteiger partial charge in [0.25, 0.3) is 0 Å². The number of rotatable bonds is 11. The normalized spacial score (nSPS) is 11.6. The molecule has 0 saturated carbocycles. The number of aryl methyl sites for hydroxylation is 2. The lowest BCUT2D eigenvalue weighted by molar-refractivity contribution is 0.212. The lowest BCUT2D eigenvalue weighted by Gasteiger charge is -2.14. The Morgan fingerprint density at radius 3 is 2.43 bits per heavy atom. The molecule has 150 valence electrons. The highest BCUT2D eigenvalue weighted by Gasteiger charge is 2.09. The van der Waals surface area contributed by atoms with Crippen LogP contribution in [0.1, 0.15) is 23.6 Å². The molecule has 0 amide bonds. The van der Waals surface area contributed by atoms with Gasteiger partial charge in [-0.3, -0.25) is 0 Å². The van der Waals surface area contributed by atoms with Crippen molar-refractivity contribution in [3.05, 3.63) is 71.3 Å². The summed E-state index contributed by atoms with van der Waals surface area (Å²) in [7, 11) is 1.58. The summed E-state index contributed by atoms with van der Waals surface area (Å²) < 4.78 is 11.8. The summed E-state index contributed by atoms with van der Waals surface area (Å²) in [6.45, 7) is 6.65. The SMILES string of the molecule is C/C=C/COc1cc(C)c(OCSCC(Cc2ccccc2)=NOC)c(C)c1. The third-order valence-electron chi connectivity index (χ3n) is 4.04. The second-order valence-corrected chi connectivity index (χ2v) is 7.31. The quantitative estimate of drug-likeness (QED) is 0.163. The number of hydrogen-bond donors (Lipinski definition) is 0. The fourth-order valence-corrected chi connectivity index (χ4v) is 3.47. The maximum atomic E-state index is 6.02. The van der Waals surface area contributed by atoms with E-state index in [-0.39, 0.29) is 0 Å². The lowest BCUT2D eigenvalue weighted by Crippen LogP contribution is -2.09. The molecule has 0 heterocycles. The lowest BCUT2D eigenvalue weighted by atomic mass is 10.1. The number of nitrogens with zero attached hydrogens (tertiary/aromatic N) is 1. The van der Waals surface area contributed by atoms with Gasteiger partial charge >= 0.3 is 0 Å². The minimum absolute atomic E-state index is 0.554. The number of oxime groups is 1. The van der Waals surface area contributed by atoms with E-state index in [9.17, 15) is 0 Å². The van der Waals surface area contributed by atoms with Crippen LogP contribution in [0.2, 0.25) is 0 Å². The van der Waals surface area contributed by atoms with Crippen LogP contribution in [-0.4, -0.2) is 31.1 Å². The smallest absolute Gasteiger partial charge is 0.134 e. The van der Waals surface area contributed by atoms with Gasteiger partial charge in [-0.25, -0.2) is 0 Å². The van der Waals surface area contributed by atoms with Gasteiger partial charge < -0.3 is 14.3 Å². The summed E-state index contributed by atoms with van der Waals surface area (Å²) in [5.41, 5.74) is 4.36. The molecule has 2 aromatic rings. The molecule has 0 aliphatic rings. The zero-order chi connectivity index (χ0) is 20.2. The second-order valence-electron chi connectivity index (χ2n) is 6.38. The van der Waals surface area contributed by atoms with Crippen molar-refractivity contribution in [2.45, 2.75) is 27.2 Å². The third kappa shape index (κ3) is 7.31. The minimum atomic E-state index is 0.554. The van der Waals surface area contributed by atoms with E-state index in [4.69, 9.17) is 14.3 Å². The van der Waals surface area contributed by atoms with Crippen LogP contribution in [0.5, 0.6) is 11.5 Å². The van der Waals surface area contributed by atoms with E-state index in [1.165, 1.54) is 5.56 Å². The number of hydrogen-bond acceptors (Lipinski definition) is 5. The summed E-state index contributed by atoms with van der Waals surface area (Å²) in [6.07, 6.45) is 4.74. The van der Waals surface area contributed by atoms with Crippen LogP contribution in [-0.2, 0) is 11.3 Å². The van der Waals surface area contributed by atoms with Crippen LogP contribution < -0.4 is 9.47 Å². The predicted octanol–water partition coefficient (Wildman–Crippen LogP) is 5.57. The van der Waals surface area contributed by atoms with E-state index in [0.29, 0.717) is 12.5 Å². The van der Waals surface area contributed by atoms with E-state index in [0.717, 1.165) is 40.5 Å². The first-order valence-electron chi connectivity index (χ1n) is 9.32. The van der Waals surface area contributed by atoms with Gasteiger partial charge in [0.2, 0.25) is 0 Å². The molecule has 0 N–H and O–H groups in total. The summed E-state index contributed by atoms with van der Waals surface area (Å²) in [5.74, 6) is 3.09. The van der Waals surface area contributed by atoms with Crippen LogP contribution in [0, 0.1) is 13.8 Å². The van der Waals surface area contributed by atoms with Crippen molar-refractivity contribution in [1.29, 1.82) is 0 Å². The Hall–Kier alpha value is -2.40. The molecule has 0 radical (unpaired) electrons. The Bertz CT molecular complexity index is 765. The highest BCUT2D eigenvalue weighted by molar-refractivity contribution is 7.99. The number of ether oxygens (including phenoxy) is 2. The molecule has 5 heteroatoms. The highest BCUT2D eigenvalue weighted by atomic mass is 32.2. The largest absolute Gasteiger partial charge is 0.490 e. The average molecular weight is 400 g/mol. The Morgan fingerprint density at radius 1 is 1.07 bits per heavy atom. The van der Waals surface area contributed by atoms with Crippen LogP contribution in [0.25, 0.3) is 0 Å². The Labute approximate surface area is 172 Å². The van der Waals surface area contributed by atoms with E-state index in [1.54, 1.807) is 18.9 Å². The predicted molar refractivity (Wildman–Crippen MR) is 119 cm³/mol. The van der Waals surface area contributed by atoms with Crippen LogP contribution >= 0.6 is 11.8 Å². The summed E-state index contributed by atoms with van der Waals surface area (Å²) in [6, 6.07) is 14.3. The zero-order valence-corrected chi connectivity index (χ0v) is 17.9. The third-order valence-corrected chi connectivity index (χ3v) is 4.86. The maximum absolute atomic E-state index is 6.02. The summed E-state index contributed by atoms with van der Waals surface area (Å²) in [4.78, 5) is 5.00. The first kappa shape index (κ1) is 21.9. The first-order chi connectivity index (χ1) is 13.6. The fourth-order valence-electron chi connectivity index (χ4n) is 2.79. The number of benzene rings is 2. The Kier molecular flexibility index (Phi) is 9.49. The molecule has 4 nitrogen and oxygen atoms in total. The van der Waals surface area contributed by atoms with Crippen molar-refractivity contribution >= 4 is 17.5 Å². The van der Waals surface area contributed by atoms with E-state index in [2.05, 4.69) is 17.3 Å². The van der Waals surface area contributed by atoms with Crippen molar-refractivity contribution in [2.24, 2.45) is 5.16 Å². The molecule has 0 aliphatic heterocycles. The second kappa shape index (κ2) is 12.1. The molecule has 0 fully saturated rings. The summed E-state index contributed by atoms with van der Waals surface area (Å²) in [5, 5.41) is 4.16. The molecule has 0 aliphatic carbocycles. The van der Waals surface area contributed by atoms with Crippen LogP contribution in [0.3, 0.4) is 0 Å². The molecule has 0 bridgehead atoms. The van der Waals surface area contributed by atoms with Gasteiger partial charge in [-0.15, -0.1) is 11.8 Å². The van der Waals surface area contributed by atoms with Crippen molar-refractivity contribution in [3.8, 4) is 11.5 Å². The van der Waals surface area contributed by atoms with Crippen molar-refractivity contribution in [1.82, 2.24) is 0 Å². The van der Waals surface area contributed by atoms with Gasteiger partial charge in [-0.05, 0) is 49.6 Å². The monoisotopic (exact) mass is 399 g/mol. The van der Waals surface area contributed by atoms with E-state index in [1.807, 2.05) is 63.3 Å². The van der Waals surface area contributed by atoms with Gasteiger partial charge in [0.1, 0.15) is 31.2 Å². The van der Waals surface area contributed by atoms with E-state index >= 15 is 0 Å². The Morgan fingerprint density at radius 2 is 1.79 bits per heavy atom. The molecule has 0 saturated heterocycles. The van der Waals surface area contributed by atoms with Gasteiger partial charge in [-0.1, -0.05) is 47.6 Å². The molecule has 0 spiro atoms. The van der Waals surface area contributed by atoms with Crippen LogP contribution in [0.15, 0.2) is 59.8 Å². The molecule has 2 aromatic carbocycles. The van der Waals surface area contributed by atoms with Gasteiger partial charge in [0.05, 0.1) is 5.71 Å². The van der Waals surface area contributed by atoms with E-state index < -0.39 is 0 Å². The molecule has 0 atom stereocenters. The standard InChI is InChI=1S/C23H29NO3S/c1-5-6-12-26-22-13-18(2)23(19(3)14-22)27-17-28-16-21(24-25-4)15-20-10-8-7-9-11-20/h5-11,13-14H,12,15-17H2,1-4H3/b6-5+,24-21?.